The molecule has 1 aliphatic heterocycles. The fraction of sp³-hybridized carbons (Fsp3) is 1.00. The van der Waals surface area contributed by atoms with Gasteiger partial charge in [0.15, 0.2) is 13.6 Å². The number of aliphatic hydroxyl groups is 1. The molecule has 1 aliphatic rings. The summed E-state index contributed by atoms with van der Waals surface area (Å²) in [5, 5.41) is 10.5. The van der Waals surface area contributed by atoms with Gasteiger partial charge >= 0.3 is 0 Å². The molecule has 102 valence electrons. The smallest absolute Gasteiger partial charge is 0.183 e. The molecule has 0 aromatic carbocycles. The minimum absolute atomic E-state index is 0.750. The molecule has 0 saturated carbocycles. The van der Waals surface area contributed by atoms with E-state index < -0.39 is 21.2 Å². The van der Waals surface area contributed by atoms with Gasteiger partial charge in [0, 0.05) is 0 Å². The van der Waals surface area contributed by atoms with Crippen LogP contribution in [0, 0.1) is 0 Å². The molecule has 0 aromatic heterocycles. The van der Waals surface area contributed by atoms with E-state index in [1.54, 1.807) is 0 Å². The van der Waals surface area contributed by atoms with E-state index in [2.05, 4.69) is 34.6 Å². The summed E-state index contributed by atoms with van der Waals surface area (Å²) < 4.78 is 6.46. The Labute approximate surface area is 109 Å². The lowest BCUT2D eigenvalue weighted by molar-refractivity contribution is -0.151. The van der Waals surface area contributed by atoms with Crippen LogP contribution in [0.5, 0.6) is 0 Å². The molecule has 1 heterocycles. The molecule has 4 heteroatoms. The quantitative estimate of drug-likeness (QED) is 0.766. The van der Waals surface area contributed by atoms with Gasteiger partial charge in [-0.2, -0.15) is 0 Å². The van der Waals surface area contributed by atoms with Crippen LogP contribution in [0.15, 0.2) is 0 Å². The normalized spacial score (nSPS) is 31.4. The average Bonchev–Trinajstić information content (AvgIpc) is 2.39. The van der Waals surface area contributed by atoms with Gasteiger partial charge in [-0.15, -0.1) is 0 Å². The minimum atomic E-state index is -1.68. The van der Waals surface area contributed by atoms with Gasteiger partial charge < -0.3 is 9.53 Å². The van der Waals surface area contributed by atoms with Gasteiger partial charge in [0.05, 0.1) is 7.59 Å². The van der Waals surface area contributed by atoms with Crippen LogP contribution in [0.25, 0.3) is 0 Å². The van der Waals surface area contributed by atoms with Crippen molar-refractivity contribution in [3.63, 3.8) is 0 Å². The maximum atomic E-state index is 10.5. The summed E-state index contributed by atoms with van der Waals surface area (Å²) in [6.07, 6.45) is 1.63. The lowest BCUT2D eigenvalue weighted by atomic mass is 10.1. The summed E-state index contributed by atoms with van der Waals surface area (Å²) in [5.41, 5.74) is 0. The molecule has 2 nitrogen and oxygen atoms in total. The molecule has 0 aliphatic carbocycles. The Hall–Kier alpha value is 0.354. The molecule has 17 heavy (non-hydrogen) atoms. The zero-order valence-corrected chi connectivity index (χ0v) is 14.3. The van der Waals surface area contributed by atoms with E-state index in [0.717, 1.165) is 12.8 Å². The van der Waals surface area contributed by atoms with Gasteiger partial charge in [0.25, 0.3) is 0 Å². The van der Waals surface area contributed by atoms with Crippen LogP contribution in [-0.2, 0) is 4.43 Å². The highest BCUT2D eigenvalue weighted by molar-refractivity contribution is 7.40. The molecule has 0 spiro atoms. The highest BCUT2D eigenvalue weighted by Crippen LogP contribution is 2.46. The predicted octanol–water partition coefficient (Wildman–Crippen LogP) is 4.06. The number of rotatable bonds is 5. The Bertz CT molecular complexity index is 250. The summed E-state index contributed by atoms with van der Waals surface area (Å²) >= 11 is 0. The van der Waals surface area contributed by atoms with Gasteiger partial charge in [0.1, 0.15) is 0 Å². The average molecular weight is 275 g/mol. The largest absolute Gasteiger partial charge is 0.393 e. The van der Waals surface area contributed by atoms with E-state index in [-0.39, 0.29) is 0 Å². The second kappa shape index (κ2) is 5.55. The molecule has 1 atom stereocenters. The monoisotopic (exact) mass is 274 g/mol. The standard InChI is InChI=1S/C13H30O2Si2/c1-6-13(14)11-12-16(7-2,8-3)17(9-4,10-5)15-13/h14H,6-12H2,1-5H3. The maximum Gasteiger partial charge on any atom is 0.183 e. The first-order chi connectivity index (χ1) is 7.97. The second-order valence-corrected chi connectivity index (χ2v) is 19.6. The van der Waals surface area contributed by atoms with Gasteiger partial charge in [-0.1, -0.05) is 52.8 Å². The maximum absolute atomic E-state index is 10.5. The fourth-order valence-electron chi connectivity index (χ4n) is 3.83. The Morgan fingerprint density at radius 2 is 1.53 bits per heavy atom. The third-order valence-corrected chi connectivity index (χ3v) is 25.4. The molecule has 1 N–H and O–H groups in total. The third-order valence-electron chi connectivity index (χ3n) is 5.39. The molecule has 1 fully saturated rings. The molecule has 1 unspecified atom stereocenters. The first kappa shape index (κ1) is 15.4. The van der Waals surface area contributed by atoms with Crippen molar-refractivity contribution < 1.29 is 9.53 Å². The summed E-state index contributed by atoms with van der Waals surface area (Å²) in [6, 6.07) is 6.37. The fourth-order valence-corrected chi connectivity index (χ4v) is 22.5. The van der Waals surface area contributed by atoms with Crippen molar-refractivity contribution in [2.24, 2.45) is 0 Å². The Balaban J connectivity index is 3.10. The van der Waals surface area contributed by atoms with Gasteiger partial charge in [0.2, 0.25) is 0 Å². The molecule has 0 bridgehead atoms. The zero-order valence-electron chi connectivity index (χ0n) is 12.3. The molecule has 1 saturated heterocycles. The van der Waals surface area contributed by atoms with Crippen LogP contribution in [0.4, 0.5) is 0 Å². The Morgan fingerprint density at radius 1 is 1.00 bits per heavy atom. The summed E-state index contributed by atoms with van der Waals surface area (Å²) in [5.74, 6) is -0.793. The van der Waals surface area contributed by atoms with Crippen molar-refractivity contribution >= 4 is 15.4 Å². The van der Waals surface area contributed by atoms with Crippen molar-refractivity contribution in [3.8, 4) is 0 Å². The molecular formula is C13H30O2Si2. The third kappa shape index (κ3) is 2.41. The lowest BCUT2D eigenvalue weighted by Crippen LogP contribution is -2.70. The zero-order chi connectivity index (χ0) is 13.2. The van der Waals surface area contributed by atoms with E-state index in [1.807, 2.05) is 0 Å². The topological polar surface area (TPSA) is 29.5 Å². The van der Waals surface area contributed by atoms with Crippen molar-refractivity contribution in [1.82, 2.24) is 0 Å². The van der Waals surface area contributed by atoms with Gasteiger partial charge in [-0.3, -0.25) is 0 Å². The summed E-state index contributed by atoms with van der Waals surface area (Å²) in [6.45, 7) is 11.4. The van der Waals surface area contributed by atoms with Crippen LogP contribution in [-0.4, -0.2) is 26.3 Å². The highest BCUT2D eigenvalue weighted by Gasteiger charge is 2.58. The summed E-state index contributed by atoms with van der Waals surface area (Å²) in [4.78, 5) is 0. The highest BCUT2D eigenvalue weighted by atomic mass is 29.3. The van der Waals surface area contributed by atoms with Crippen LogP contribution in [0.1, 0.15) is 47.5 Å². The number of hydrogen-bond donors (Lipinski definition) is 1. The number of hydrogen-bond acceptors (Lipinski definition) is 2. The predicted molar refractivity (Wildman–Crippen MR) is 79.2 cm³/mol. The van der Waals surface area contributed by atoms with Crippen molar-refractivity contribution in [3.05, 3.63) is 0 Å². The van der Waals surface area contributed by atoms with Gasteiger partial charge in [-0.05, 0) is 24.9 Å². The van der Waals surface area contributed by atoms with Crippen LogP contribution >= 0.6 is 0 Å². The van der Waals surface area contributed by atoms with Crippen LogP contribution < -0.4 is 0 Å². The van der Waals surface area contributed by atoms with E-state index in [9.17, 15) is 5.11 Å². The van der Waals surface area contributed by atoms with Gasteiger partial charge in [-0.25, -0.2) is 0 Å². The molecule has 0 radical (unpaired) electrons. The Kier molecular flexibility index (Phi) is 5.03. The molecular weight excluding hydrogens is 244 g/mol. The van der Waals surface area contributed by atoms with Crippen molar-refractivity contribution in [2.75, 3.05) is 0 Å². The van der Waals surface area contributed by atoms with Crippen LogP contribution in [0.2, 0.25) is 30.2 Å². The van der Waals surface area contributed by atoms with Crippen molar-refractivity contribution in [2.45, 2.75) is 83.5 Å². The Morgan fingerprint density at radius 3 is 1.88 bits per heavy atom. The summed E-state index contributed by atoms with van der Waals surface area (Å²) in [7, 11) is -2.94. The first-order valence-electron chi connectivity index (χ1n) is 7.39. The molecule has 0 aromatic rings. The van der Waals surface area contributed by atoms with E-state index >= 15 is 0 Å². The van der Waals surface area contributed by atoms with E-state index in [1.165, 1.54) is 30.2 Å². The first-order valence-corrected chi connectivity index (χ1v) is 13.3. The van der Waals surface area contributed by atoms with E-state index in [4.69, 9.17) is 4.43 Å². The SMILES string of the molecule is CCC1(O)CC[Si](CC)(CC)[Si](CC)(CC)O1. The second-order valence-electron chi connectivity index (χ2n) is 5.59. The van der Waals surface area contributed by atoms with Crippen molar-refractivity contribution in [1.29, 1.82) is 0 Å². The molecule has 0 amide bonds. The van der Waals surface area contributed by atoms with E-state index in [0.29, 0.717) is 0 Å². The lowest BCUT2D eigenvalue weighted by Gasteiger charge is -2.54. The van der Waals surface area contributed by atoms with Crippen LogP contribution in [0.3, 0.4) is 0 Å². The minimum Gasteiger partial charge on any atom is -0.393 e. The molecule has 1 rings (SSSR count).